The highest BCUT2D eigenvalue weighted by Gasteiger charge is 2.58. The summed E-state index contributed by atoms with van der Waals surface area (Å²) in [6.07, 6.45) is -1.04. The van der Waals surface area contributed by atoms with Crippen molar-refractivity contribution in [2.45, 2.75) is 50.3 Å². The number of ether oxygens (including phenoxy) is 3. The highest BCUT2D eigenvalue weighted by molar-refractivity contribution is 5.04. The number of aliphatic hydroxyl groups is 1. The molecule has 2 N–H and O–H groups in total. The number of hydrogen-bond donors (Lipinski definition) is 2. The minimum atomic E-state index is -0.574. The zero-order valence-corrected chi connectivity index (χ0v) is 8.27. The van der Waals surface area contributed by atoms with Crippen LogP contribution in [-0.4, -0.2) is 48.1 Å². The second-order valence-corrected chi connectivity index (χ2v) is 4.57. The van der Waals surface area contributed by atoms with Gasteiger partial charge >= 0.3 is 0 Å². The fourth-order valence-electron chi connectivity index (χ4n) is 2.47. The lowest BCUT2D eigenvalue weighted by Crippen LogP contribution is -2.40. The van der Waals surface area contributed by atoms with E-state index in [9.17, 15) is 5.11 Å². The van der Waals surface area contributed by atoms with Crippen LogP contribution in [0.5, 0.6) is 0 Å². The molecule has 3 saturated heterocycles. The van der Waals surface area contributed by atoms with Crippen molar-refractivity contribution >= 4 is 0 Å². The van der Waals surface area contributed by atoms with Crippen molar-refractivity contribution in [2.75, 3.05) is 6.54 Å². The lowest BCUT2D eigenvalue weighted by atomic mass is 10.1. The predicted molar refractivity (Wildman–Crippen MR) is 46.5 cm³/mol. The molecule has 0 saturated carbocycles. The first-order valence-electron chi connectivity index (χ1n) is 4.99. The van der Waals surface area contributed by atoms with Crippen molar-refractivity contribution in [3.8, 4) is 0 Å². The van der Waals surface area contributed by atoms with Crippen molar-refractivity contribution in [3.05, 3.63) is 0 Å². The van der Waals surface area contributed by atoms with Gasteiger partial charge in [0.15, 0.2) is 12.1 Å². The lowest BCUT2D eigenvalue weighted by molar-refractivity contribution is -0.211. The Bertz CT molecular complexity index is 257. The molecule has 0 aromatic rings. The molecular weight excluding hydrogens is 186 g/mol. The topological polar surface area (TPSA) is 60.0 Å². The molecule has 0 radical (unpaired) electrons. The van der Waals surface area contributed by atoms with Gasteiger partial charge < -0.3 is 24.6 Å². The summed E-state index contributed by atoms with van der Waals surface area (Å²) in [6.45, 7) is 4.31. The van der Waals surface area contributed by atoms with E-state index in [4.69, 9.17) is 14.2 Å². The number of nitrogens with one attached hydrogen (secondary N) is 1. The van der Waals surface area contributed by atoms with E-state index in [2.05, 4.69) is 5.32 Å². The van der Waals surface area contributed by atoms with Gasteiger partial charge in [0.25, 0.3) is 0 Å². The normalized spacial score (nSPS) is 54.6. The van der Waals surface area contributed by atoms with Crippen LogP contribution in [-0.2, 0) is 14.2 Å². The summed E-state index contributed by atoms with van der Waals surface area (Å²) in [6, 6.07) is 0.0665. The van der Waals surface area contributed by atoms with Gasteiger partial charge in [-0.1, -0.05) is 0 Å². The molecule has 0 amide bonds. The molecule has 0 aromatic heterocycles. The van der Waals surface area contributed by atoms with Gasteiger partial charge in [-0.3, -0.25) is 0 Å². The monoisotopic (exact) mass is 201 g/mol. The first kappa shape index (κ1) is 9.06. The zero-order chi connectivity index (χ0) is 9.92. The molecule has 1 unspecified atom stereocenters. The largest absolute Gasteiger partial charge is 0.389 e. The lowest BCUT2D eigenvalue weighted by Gasteiger charge is -2.22. The highest BCUT2D eigenvalue weighted by Crippen LogP contribution is 2.39. The fraction of sp³-hybridized carbons (Fsp3) is 1.00. The molecule has 0 aliphatic carbocycles. The summed E-state index contributed by atoms with van der Waals surface area (Å²) in [5.74, 6) is -0.574. The third kappa shape index (κ3) is 1.14. The van der Waals surface area contributed by atoms with E-state index in [0.717, 1.165) is 0 Å². The van der Waals surface area contributed by atoms with Crippen molar-refractivity contribution in [2.24, 2.45) is 0 Å². The van der Waals surface area contributed by atoms with E-state index in [0.29, 0.717) is 6.54 Å². The van der Waals surface area contributed by atoms with Gasteiger partial charge in [-0.05, 0) is 13.8 Å². The van der Waals surface area contributed by atoms with Crippen molar-refractivity contribution in [1.29, 1.82) is 0 Å². The van der Waals surface area contributed by atoms with Gasteiger partial charge in [0.2, 0.25) is 0 Å². The van der Waals surface area contributed by atoms with Crippen LogP contribution >= 0.6 is 0 Å². The Balaban J connectivity index is 1.80. The number of rotatable bonds is 0. The Morgan fingerprint density at radius 1 is 1.29 bits per heavy atom. The van der Waals surface area contributed by atoms with Gasteiger partial charge in [0.05, 0.1) is 12.1 Å². The van der Waals surface area contributed by atoms with Gasteiger partial charge in [0.1, 0.15) is 12.2 Å². The molecular formula is C9H15NO4. The molecule has 5 nitrogen and oxygen atoms in total. The van der Waals surface area contributed by atoms with Crippen LogP contribution in [0.2, 0.25) is 0 Å². The molecule has 5 atom stereocenters. The summed E-state index contributed by atoms with van der Waals surface area (Å²) >= 11 is 0. The van der Waals surface area contributed by atoms with E-state index in [1.165, 1.54) is 0 Å². The Morgan fingerprint density at radius 3 is 2.86 bits per heavy atom. The van der Waals surface area contributed by atoms with Crippen molar-refractivity contribution in [3.63, 3.8) is 0 Å². The minimum absolute atomic E-state index is 0.0665. The van der Waals surface area contributed by atoms with E-state index in [1.54, 1.807) is 0 Å². The quantitative estimate of drug-likeness (QED) is 0.537. The second kappa shape index (κ2) is 2.68. The van der Waals surface area contributed by atoms with Crippen LogP contribution in [0.4, 0.5) is 0 Å². The third-order valence-electron chi connectivity index (χ3n) is 3.03. The summed E-state index contributed by atoms with van der Waals surface area (Å²) in [5.41, 5.74) is 0. The Labute approximate surface area is 82.3 Å². The molecule has 0 bridgehead atoms. The molecule has 5 heteroatoms. The van der Waals surface area contributed by atoms with Crippen LogP contribution < -0.4 is 5.32 Å². The Hall–Kier alpha value is -0.200. The first-order chi connectivity index (χ1) is 6.57. The van der Waals surface area contributed by atoms with Crippen LogP contribution in [0, 0.1) is 0 Å². The molecule has 3 heterocycles. The third-order valence-corrected chi connectivity index (χ3v) is 3.03. The first-order valence-corrected chi connectivity index (χ1v) is 4.99. The maximum atomic E-state index is 9.59. The maximum Gasteiger partial charge on any atom is 0.189 e. The number of aliphatic hydroxyl groups excluding tert-OH is 1. The van der Waals surface area contributed by atoms with Gasteiger partial charge in [-0.2, -0.15) is 0 Å². The Morgan fingerprint density at radius 2 is 2.07 bits per heavy atom. The highest BCUT2D eigenvalue weighted by atomic mass is 16.8. The summed E-state index contributed by atoms with van der Waals surface area (Å²) < 4.78 is 16.9. The van der Waals surface area contributed by atoms with Crippen LogP contribution in [0.1, 0.15) is 13.8 Å². The number of fused-ring (bicyclic) bond motifs is 3. The average molecular weight is 201 g/mol. The van der Waals surface area contributed by atoms with E-state index in [1.807, 2.05) is 13.8 Å². The molecule has 3 fully saturated rings. The van der Waals surface area contributed by atoms with Crippen molar-refractivity contribution < 1.29 is 19.3 Å². The van der Waals surface area contributed by atoms with E-state index >= 15 is 0 Å². The average Bonchev–Trinajstić information content (AvgIpc) is 2.63. The molecule has 0 spiro atoms. The van der Waals surface area contributed by atoms with E-state index < -0.39 is 11.9 Å². The Kier molecular flexibility index (Phi) is 1.73. The predicted octanol–water partition coefficient (Wildman–Crippen LogP) is -0.804. The number of β-amino-alcohol motifs (C(OH)–C–C–N with tert-alkyl or cyclic N) is 1. The molecule has 14 heavy (non-hydrogen) atoms. The molecule has 0 aromatic carbocycles. The fourth-order valence-corrected chi connectivity index (χ4v) is 2.47. The smallest absolute Gasteiger partial charge is 0.189 e. The standard InChI is InChI=1S/C9H15NO4/c1-9(2)13-7-5-6(4(11)3-10-5)12-8(7)14-9/h4-8,10-11H,3H2,1-2H3/t4-,5+,6?,7-,8-/m1/s1. The van der Waals surface area contributed by atoms with Crippen LogP contribution in [0.15, 0.2) is 0 Å². The summed E-state index contributed by atoms with van der Waals surface area (Å²) in [5, 5.41) is 12.8. The maximum absolute atomic E-state index is 9.59. The van der Waals surface area contributed by atoms with Gasteiger partial charge in [-0.25, -0.2) is 0 Å². The molecule has 80 valence electrons. The molecule has 3 aliphatic rings. The summed E-state index contributed by atoms with van der Waals surface area (Å²) in [4.78, 5) is 0. The summed E-state index contributed by atoms with van der Waals surface area (Å²) in [7, 11) is 0. The van der Waals surface area contributed by atoms with Gasteiger partial charge in [-0.15, -0.1) is 0 Å². The molecule has 3 rings (SSSR count). The second-order valence-electron chi connectivity index (χ2n) is 4.57. The van der Waals surface area contributed by atoms with E-state index in [-0.39, 0.29) is 24.5 Å². The number of hydrogen-bond acceptors (Lipinski definition) is 5. The van der Waals surface area contributed by atoms with Crippen LogP contribution in [0.25, 0.3) is 0 Å². The SMILES string of the molecule is CC1(C)O[C@H]2OC3[C@H](O)CN[C@@H]3[C@H]2O1. The van der Waals surface area contributed by atoms with Gasteiger partial charge in [0, 0.05) is 6.54 Å². The van der Waals surface area contributed by atoms with Crippen LogP contribution in [0.3, 0.4) is 0 Å². The van der Waals surface area contributed by atoms with Crippen molar-refractivity contribution in [1.82, 2.24) is 5.32 Å². The molecule has 3 aliphatic heterocycles. The zero-order valence-electron chi connectivity index (χ0n) is 8.27. The minimum Gasteiger partial charge on any atom is -0.389 e.